The summed E-state index contributed by atoms with van der Waals surface area (Å²) < 4.78 is 33.7. The van der Waals surface area contributed by atoms with Gasteiger partial charge in [-0.3, -0.25) is 0 Å². The first-order chi connectivity index (χ1) is 11.2. The molecule has 1 aromatic rings. The second-order valence-corrected chi connectivity index (χ2v) is 7.15. The molecule has 1 aliphatic heterocycles. The normalized spacial score (nSPS) is 19.4. The lowest BCUT2D eigenvalue weighted by Crippen LogP contribution is -2.37. The van der Waals surface area contributed by atoms with Crippen LogP contribution in [0.25, 0.3) is 0 Å². The van der Waals surface area contributed by atoms with Crippen LogP contribution in [0.2, 0.25) is 0 Å². The van der Waals surface area contributed by atoms with Crippen LogP contribution >= 0.6 is 0 Å². The highest BCUT2D eigenvalue weighted by Crippen LogP contribution is 2.33. The van der Waals surface area contributed by atoms with Gasteiger partial charge in [-0.15, -0.1) is 0 Å². The molecule has 1 fully saturated rings. The molecule has 0 aliphatic carbocycles. The van der Waals surface area contributed by atoms with Gasteiger partial charge in [0, 0.05) is 24.7 Å². The van der Waals surface area contributed by atoms with Gasteiger partial charge in [0.1, 0.15) is 17.2 Å². The number of nitrogens with zero attached hydrogens (tertiary/aromatic N) is 1. The summed E-state index contributed by atoms with van der Waals surface area (Å²) in [5.41, 5.74) is -0.510. The van der Waals surface area contributed by atoms with Crippen LogP contribution in [-0.2, 0) is 4.74 Å². The Labute approximate surface area is 142 Å². The van der Waals surface area contributed by atoms with Gasteiger partial charge in [-0.05, 0) is 51.8 Å². The first kappa shape index (κ1) is 18.6. The van der Waals surface area contributed by atoms with Crippen LogP contribution in [0.4, 0.5) is 13.6 Å². The van der Waals surface area contributed by atoms with Gasteiger partial charge in [0.05, 0.1) is 0 Å². The van der Waals surface area contributed by atoms with Gasteiger partial charge in [0.25, 0.3) is 0 Å². The smallest absolute Gasteiger partial charge is 0.410 e. The molecule has 2 rings (SSSR count). The Morgan fingerprint density at radius 2 is 2.00 bits per heavy atom. The third-order valence-corrected chi connectivity index (χ3v) is 4.08. The molecule has 0 radical (unpaired) electrons. The number of ether oxygens (including phenoxy) is 1. The molecular weight excluding hydrogens is 314 g/mol. The molecule has 2 unspecified atom stereocenters. The zero-order valence-electron chi connectivity index (χ0n) is 14.7. The van der Waals surface area contributed by atoms with Gasteiger partial charge < -0.3 is 15.0 Å². The topological polar surface area (TPSA) is 41.6 Å². The molecule has 0 spiro atoms. The molecule has 4 nitrogen and oxygen atoms in total. The quantitative estimate of drug-likeness (QED) is 0.904. The van der Waals surface area contributed by atoms with Crippen molar-refractivity contribution in [1.29, 1.82) is 0 Å². The van der Waals surface area contributed by atoms with Crippen molar-refractivity contribution in [2.24, 2.45) is 5.92 Å². The summed E-state index contributed by atoms with van der Waals surface area (Å²) in [6, 6.07) is 3.43. The van der Waals surface area contributed by atoms with Crippen LogP contribution in [0.15, 0.2) is 18.2 Å². The van der Waals surface area contributed by atoms with E-state index in [0.29, 0.717) is 26.1 Å². The van der Waals surface area contributed by atoms with Gasteiger partial charge in [0.15, 0.2) is 0 Å². The average Bonchev–Trinajstić information content (AvgIpc) is 2.94. The van der Waals surface area contributed by atoms with Crippen LogP contribution in [0, 0.1) is 17.6 Å². The first-order valence-electron chi connectivity index (χ1n) is 8.38. The minimum Gasteiger partial charge on any atom is -0.444 e. The van der Waals surface area contributed by atoms with Crippen molar-refractivity contribution in [2.75, 3.05) is 19.6 Å². The van der Waals surface area contributed by atoms with Crippen LogP contribution in [-0.4, -0.2) is 36.2 Å². The Kier molecular flexibility index (Phi) is 5.80. The van der Waals surface area contributed by atoms with E-state index in [1.165, 1.54) is 18.2 Å². The third-order valence-electron chi connectivity index (χ3n) is 4.08. The summed E-state index contributed by atoms with van der Waals surface area (Å²) in [6.07, 6.45) is 0.291. The molecule has 2 atom stereocenters. The van der Waals surface area contributed by atoms with Crippen LogP contribution in [0.5, 0.6) is 0 Å². The van der Waals surface area contributed by atoms with Gasteiger partial charge in [-0.1, -0.05) is 13.0 Å². The summed E-state index contributed by atoms with van der Waals surface area (Å²) in [5, 5.41) is 3.17. The van der Waals surface area contributed by atoms with Crippen molar-refractivity contribution >= 4 is 6.09 Å². The average molecular weight is 340 g/mol. The summed E-state index contributed by atoms with van der Waals surface area (Å²) >= 11 is 0. The maximum Gasteiger partial charge on any atom is 0.410 e. The molecule has 6 heteroatoms. The zero-order valence-corrected chi connectivity index (χ0v) is 14.7. The number of nitrogens with one attached hydrogen (secondary N) is 1. The lowest BCUT2D eigenvalue weighted by Gasteiger charge is -2.27. The lowest BCUT2D eigenvalue weighted by molar-refractivity contribution is 0.0285. The molecule has 24 heavy (non-hydrogen) atoms. The lowest BCUT2D eigenvalue weighted by atomic mass is 9.91. The van der Waals surface area contributed by atoms with Gasteiger partial charge in [-0.25, -0.2) is 13.6 Å². The summed E-state index contributed by atoms with van der Waals surface area (Å²) in [6.45, 7) is 8.86. The Morgan fingerprint density at radius 1 is 1.38 bits per heavy atom. The van der Waals surface area contributed by atoms with Gasteiger partial charge in [-0.2, -0.15) is 0 Å². The SMILES string of the molecule is CCNC(c1c(F)cccc1F)C1CCN(C(=O)OC(C)(C)C)C1. The van der Waals surface area contributed by atoms with E-state index in [1.807, 2.05) is 27.7 Å². The molecule has 1 amide bonds. The van der Waals surface area contributed by atoms with E-state index < -0.39 is 23.3 Å². The summed E-state index contributed by atoms with van der Waals surface area (Å²) in [7, 11) is 0. The zero-order chi connectivity index (χ0) is 17.9. The molecule has 134 valence electrons. The van der Waals surface area contributed by atoms with E-state index >= 15 is 0 Å². The molecule has 0 aromatic heterocycles. The standard InChI is InChI=1S/C18H26F2N2O2/c1-5-21-16(15-13(19)7-6-8-14(15)20)12-9-10-22(11-12)17(23)24-18(2,3)4/h6-8,12,16,21H,5,9-11H2,1-4H3. The van der Waals surface area contributed by atoms with Crippen molar-refractivity contribution < 1.29 is 18.3 Å². The van der Waals surface area contributed by atoms with E-state index in [1.54, 1.807) is 4.90 Å². The van der Waals surface area contributed by atoms with Crippen LogP contribution in [0.1, 0.15) is 45.7 Å². The maximum absolute atomic E-state index is 14.2. The summed E-state index contributed by atoms with van der Waals surface area (Å²) in [4.78, 5) is 13.8. The molecule has 1 aliphatic rings. The monoisotopic (exact) mass is 340 g/mol. The van der Waals surface area contributed by atoms with E-state index in [9.17, 15) is 13.6 Å². The molecular formula is C18H26F2N2O2. The number of carbonyl (C=O) groups is 1. The highest BCUT2D eigenvalue weighted by Gasteiger charge is 2.36. The number of benzene rings is 1. The summed E-state index contributed by atoms with van der Waals surface area (Å²) in [5.74, 6) is -1.18. The van der Waals surface area contributed by atoms with Crippen molar-refractivity contribution in [3.05, 3.63) is 35.4 Å². The number of halogens is 2. The van der Waals surface area contributed by atoms with Crippen LogP contribution in [0.3, 0.4) is 0 Å². The van der Waals surface area contributed by atoms with Crippen molar-refractivity contribution in [3.63, 3.8) is 0 Å². The largest absolute Gasteiger partial charge is 0.444 e. The number of rotatable bonds is 4. The second kappa shape index (κ2) is 7.47. The van der Waals surface area contributed by atoms with Crippen molar-refractivity contribution in [1.82, 2.24) is 10.2 Å². The molecule has 1 heterocycles. The number of hydrogen-bond donors (Lipinski definition) is 1. The predicted molar refractivity (Wildman–Crippen MR) is 88.7 cm³/mol. The molecule has 1 saturated heterocycles. The number of amides is 1. The molecule has 1 aromatic carbocycles. The van der Waals surface area contributed by atoms with Crippen LogP contribution < -0.4 is 5.32 Å². The number of carbonyl (C=O) groups excluding carboxylic acids is 1. The van der Waals surface area contributed by atoms with Crippen molar-refractivity contribution in [3.8, 4) is 0 Å². The van der Waals surface area contributed by atoms with E-state index in [2.05, 4.69) is 5.32 Å². The third kappa shape index (κ3) is 4.44. The number of hydrogen-bond acceptors (Lipinski definition) is 3. The Bertz CT molecular complexity index is 567. The van der Waals surface area contributed by atoms with Crippen molar-refractivity contribution in [2.45, 2.75) is 45.8 Å². The number of likely N-dealkylation sites (tertiary alicyclic amines) is 1. The van der Waals surface area contributed by atoms with E-state index in [0.717, 1.165) is 0 Å². The fourth-order valence-corrected chi connectivity index (χ4v) is 3.08. The highest BCUT2D eigenvalue weighted by atomic mass is 19.1. The Balaban J connectivity index is 2.15. The Morgan fingerprint density at radius 3 is 2.54 bits per heavy atom. The predicted octanol–water partition coefficient (Wildman–Crippen LogP) is 3.87. The first-order valence-corrected chi connectivity index (χ1v) is 8.38. The maximum atomic E-state index is 14.2. The van der Waals surface area contributed by atoms with Gasteiger partial charge in [0.2, 0.25) is 0 Å². The minimum atomic E-state index is -0.562. The fraction of sp³-hybridized carbons (Fsp3) is 0.611. The Hall–Kier alpha value is -1.69. The minimum absolute atomic E-state index is 0.0513. The highest BCUT2D eigenvalue weighted by molar-refractivity contribution is 5.68. The molecule has 0 bridgehead atoms. The molecule has 0 saturated carbocycles. The van der Waals surface area contributed by atoms with Gasteiger partial charge >= 0.3 is 6.09 Å². The van der Waals surface area contributed by atoms with E-state index in [4.69, 9.17) is 4.74 Å². The second-order valence-electron chi connectivity index (χ2n) is 7.15. The molecule has 1 N–H and O–H groups in total. The fourth-order valence-electron chi connectivity index (χ4n) is 3.08. The van der Waals surface area contributed by atoms with E-state index in [-0.39, 0.29) is 17.6 Å².